The van der Waals surface area contributed by atoms with Crippen LogP contribution in [0.4, 0.5) is 5.69 Å². The standard InChI is InChI=1S/C21H27N5O2/c1-11-7-6-8-14(12(11)2)24-19(27)18-13(3)17-15(25-26-20(22)23)9-21(4,5)10-16(17)28-18/h6-8H,9-10H2,1-5H3,(H,24,27)(H4,22,23,26)/b25-15-. The molecule has 0 aliphatic heterocycles. The third-order valence-corrected chi connectivity index (χ3v) is 5.14. The minimum absolute atomic E-state index is 0.0735. The second-order valence-electron chi connectivity index (χ2n) is 8.15. The van der Waals surface area contributed by atoms with Crippen LogP contribution in [-0.2, 0) is 6.42 Å². The van der Waals surface area contributed by atoms with Crippen LogP contribution >= 0.6 is 0 Å². The number of carbonyl (C=O) groups is 1. The van der Waals surface area contributed by atoms with Gasteiger partial charge in [-0.2, -0.15) is 5.10 Å². The number of amides is 1. The highest BCUT2D eigenvalue weighted by Crippen LogP contribution is 2.39. The van der Waals surface area contributed by atoms with Crippen LogP contribution in [0.2, 0.25) is 0 Å². The molecule has 7 heteroatoms. The van der Waals surface area contributed by atoms with Gasteiger partial charge in [-0.3, -0.25) is 4.79 Å². The normalized spacial score (nSPS) is 16.5. The van der Waals surface area contributed by atoms with Crippen LogP contribution in [0.1, 0.15) is 58.8 Å². The molecule has 1 aliphatic carbocycles. The third-order valence-electron chi connectivity index (χ3n) is 5.14. The van der Waals surface area contributed by atoms with E-state index in [-0.39, 0.29) is 17.3 Å². The largest absolute Gasteiger partial charge is 0.455 e. The first-order chi connectivity index (χ1) is 13.1. The van der Waals surface area contributed by atoms with E-state index in [1.165, 1.54) is 0 Å². The van der Waals surface area contributed by atoms with Gasteiger partial charge in [0.25, 0.3) is 5.91 Å². The Morgan fingerprint density at radius 2 is 1.86 bits per heavy atom. The Morgan fingerprint density at radius 1 is 1.14 bits per heavy atom. The van der Waals surface area contributed by atoms with Crippen molar-refractivity contribution in [3.63, 3.8) is 0 Å². The van der Waals surface area contributed by atoms with Gasteiger partial charge in [-0.15, -0.1) is 5.10 Å². The van der Waals surface area contributed by atoms with E-state index >= 15 is 0 Å². The fraction of sp³-hybridized carbons (Fsp3) is 0.381. The number of hydrogen-bond acceptors (Lipinski definition) is 4. The average molecular weight is 381 g/mol. The van der Waals surface area contributed by atoms with E-state index in [4.69, 9.17) is 15.9 Å². The Labute approximate surface area is 164 Å². The Kier molecular flexibility index (Phi) is 5.02. The highest BCUT2D eigenvalue weighted by molar-refractivity contribution is 6.09. The van der Waals surface area contributed by atoms with Gasteiger partial charge in [-0.05, 0) is 49.8 Å². The number of hydrogen-bond donors (Lipinski definition) is 3. The van der Waals surface area contributed by atoms with Crippen molar-refractivity contribution in [3.8, 4) is 0 Å². The maximum Gasteiger partial charge on any atom is 0.291 e. The second kappa shape index (κ2) is 7.14. The summed E-state index contributed by atoms with van der Waals surface area (Å²) >= 11 is 0. The number of nitrogens with zero attached hydrogens (tertiary/aromatic N) is 2. The molecule has 0 bridgehead atoms. The molecule has 148 valence electrons. The van der Waals surface area contributed by atoms with Crippen molar-refractivity contribution in [2.24, 2.45) is 27.1 Å². The summed E-state index contributed by atoms with van der Waals surface area (Å²) in [5.41, 5.74) is 16.0. The van der Waals surface area contributed by atoms with Crippen molar-refractivity contribution in [1.29, 1.82) is 0 Å². The molecule has 0 radical (unpaired) electrons. The molecule has 28 heavy (non-hydrogen) atoms. The Hall–Kier alpha value is -3.09. The number of nitrogens with two attached hydrogens (primary N) is 2. The Morgan fingerprint density at radius 3 is 2.54 bits per heavy atom. The minimum Gasteiger partial charge on any atom is -0.455 e. The first-order valence-electron chi connectivity index (χ1n) is 9.25. The van der Waals surface area contributed by atoms with Crippen LogP contribution in [0.3, 0.4) is 0 Å². The number of furan rings is 1. The quantitative estimate of drug-likeness (QED) is 0.429. The lowest BCUT2D eigenvalue weighted by Gasteiger charge is -2.29. The molecule has 1 aliphatic rings. The smallest absolute Gasteiger partial charge is 0.291 e. The lowest BCUT2D eigenvalue weighted by Crippen LogP contribution is -2.27. The molecule has 3 rings (SSSR count). The van der Waals surface area contributed by atoms with Crippen molar-refractivity contribution in [2.75, 3.05) is 5.32 Å². The summed E-state index contributed by atoms with van der Waals surface area (Å²) in [5.74, 6) is 0.650. The van der Waals surface area contributed by atoms with Crippen LogP contribution in [-0.4, -0.2) is 17.6 Å². The number of aryl methyl sites for hydroxylation is 1. The number of nitrogens with one attached hydrogen (secondary N) is 1. The van der Waals surface area contributed by atoms with E-state index in [0.717, 1.165) is 39.4 Å². The van der Waals surface area contributed by atoms with E-state index in [9.17, 15) is 4.79 Å². The number of benzene rings is 1. The van der Waals surface area contributed by atoms with E-state index in [0.29, 0.717) is 18.6 Å². The molecule has 1 aromatic carbocycles. The Bertz CT molecular complexity index is 994. The van der Waals surface area contributed by atoms with Crippen LogP contribution < -0.4 is 16.8 Å². The zero-order chi connectivity index (χ0) is 20.6. The monoisotopic (exact) mass is 381 g/mol. The molecule has 0 fully saturated rings. The van der Waals surface area contributed by atoms with Gasteiger partial charge in [0.05, 0.1) is 5.71 Å². The van der Waals surface area contributed by atoms with Crippen LogP contribution in [0.25, 0.3) is 0 Å². The van der Waals surface area contributed by atoms with Crippen molar-refractivity contribution >= 4 is 23.3 Å². The first kappa shape index (κ1) is 19.7. The summed E-state index contributed by atoms with van der Waals surface area (Å²) in [6.45, 7) is 10.1. The van der Waals surface area contributed by atoms with Gasteiger partial charge < -0.3 is 21.2 Å². The molecule has 7 nitrogen and oxygen atoms in total. The van der Waals surface area contributed by atoms with Gasteiger partial charge in [0, 0.05) is 23.2 Å². The van der Waals surface area contributed by atoms with E-state index in [1.54, 1.807) is 0 Å². The van der Waals surface area contributed by atoms with Crippen molar-refractivity contribution in [2.45, 2.75) is 47.5 Å². The highest BCUT2D eigenvalue weighted by Gasteiger charge is 2.36. The van der Waals surface area contributed by atoms with Gasteiger partial charge >= 0.3 is 0 Å². The molecule has 1 amide bonds. The molecule has 1 heterocycles. The number of fused-ring (bicyclic) bond motifs is 1. The summed E-state index contributed by atoms with van der Waals surface area (Å²) in [5, 5.41) is 11.0. The van der Waals surface area contributed by atoms with Gasteiger partial charge in [0.2, 0.25) is 5.96 Å². The van der Waals surface area contributed by atoms with E-state index in [1.807, 2.05) is 39.0 Å². The molecular weight excluding hydrogens is 354 g/mol. The van der Waals surface area contributed by atoms with Gasteiger partial charge in [0.1, 0.15) is 5.76 Å². The molecule has 2 aromatic rings. The summed E-state index contributed by atoms with van der Waals surface area (Å²) in [6.07, 6.45) is 1.40. The third kappa shape index (κ3) is 3.78. The van der Waals surface area contributed by atoms with Crippen molar-refractivity contribution in [3.05, 3.63) is 52.0 Å². The average Bonchev–Trinajstić information content (AvgIpc) is 2.92. The van der Waals surface area contributed by atoms with Crippen molar-refractivity contribution < 1.29 is 9.21 Å². The maximum atomic E-state index is 12.9. The minimum atomic E-state index is -0.278. The van der Waals surface area contributed by atoms with Crippen LogP contribution in [0, 0.1) is 26.2 Å². The highest BCUT2D eigenvalue weighted by atomic mass is 16.4. The van der Waals surface area contributed by atoms with Gasteiger partial charge in [-0.25, -0.2) is 0 Å². The second-order valence-corrected chi connectivity index (χ2v) is 8.15. The zero-order valence-electron chi connectivity index (χ0n) is 17.0. The molecule has 0 saturated heterocycles. The molecular formula is C21H27N5O2. The lowest BCUT2D eigenvalue weighted by atomic mass is 9.75. The molecule has 1 aromatic heterocycles. The Balaban J connectivity index is 2.01. The SMILES string of the molecule is Cc1cccc(NC(=O)c2oc3c(c2C)/C(=N\N=C(N)N)CC(C)(C)C3)c1C. The van der Waals surface area contributed by atoms with E-state index in [2.05, 4.69) is 29.4 Å². The maximum absolute atomic E-state index is 12.9. The summed E-state index contributed by atoms with van der Waals surface area (Å²) in [6, 6.07) is 5.81. The van der Waals surface area contributed by atoms with Crippen molar-refractivity contribution in [1.82, 2.24) is 0 Å². The fourth-order valence-corrected chi connectivity index (χ4v) is 3.60. The molecule has 5 N–H and O–H groups in total. The topological polar surface area (TPSA) is 119 Å². The predicted octanol–water partition coefficient (Wildman–Crippen LogP) is 3.41. The van der Waals surface area contributed by atoms with E-state index < -0.39 is 0 Å². The van der Waals surface area contributed by atoms with Crippen LogP contribution in [0.15, 0.2) is 32.8 Å². The molecule has 0 unspecified atom stereocenters. The van der Waals surface area contributed by atoms with Crippen LogP contribution in [0.5, 0.6) is 0 Å². The number of guanidine groups is 1. The first-order valence-corrected chi connectivity index (χ1v) is 9.25. The zero-order valence-corrected chi connectivity index (χ0v) is 17.0. The fourth-order valence-electron chi connectivity index (χ4n) is 3.60. The number of carbonyl (C=O) groups excluding carboxylic acids is 1. The predicted molar refractivity (Wildman–Crippen MR) is 112 cm³/mol. The number of rotatable bonds is 3. The molecule has 0 atom stereocenters. The van der Waals surface area contributed by atoms with Gasteiger partial charge in [-0.1, -0.05) is 26.0 Å². The summed E-state index contributed by atoms with van der Waals surface area (Å²) in [7, 11) is 0. The summed E-state index contributed by atoms with van der Waals surface area (Å²) < 4.78 is 6.01. The lowest BCUT2D eigenvalue weighted by molar-refractivity contribution is 0.0992. The summed E-state index contributed by atoms with van der Waals surface area (Å²) in [4.78, 5) is 12.9. The number of anilines is 1. The van der Waals surface area contributed by atoms with Gasteiger partial charge in [0.15, 0.2) is 5.76 Å². The molecule has 0 spiro atoms. The molecule has 0 saturated carbocycles.